The van der Waals surface area contributed by atoms with E-state index in [1.165, 1.54) is 6.92 Å². The third kappa shape index (κ3) is 36.7. The third-order valence-corrected chi connectivity index (χ3v) is 1.08. The first-order valence-corrected chi connectivity index (χ1v) is 4.95. The number of carboxylic acids is 3. The van der Waals surface area contributed by atoms with Gasteiger partial charge in [-0.2, -0.15) is 0 Å². The fourth-order valence-corrected chi connectivity index (χ4v) is 0.275. The summed E-state index contributed by atoms with van der Waals surface area (Å²) in [5.41, 5.74) is 9.68. The Labute approximate surface area is 105 Å². The van der Waals surface area contributed by atoms with Crippen LogP contribution in [0, 0.1) is 0 Å². The highest BCUT2D eigenvalue weighted by molar-refractivity contribution is 5.72. The standard InChI is InChI=1S/3C3H7NO2/c1-4-2-3(5)6;1-2(4)3(5)6;4-2-1-3(5)6/h4H,2H2,1H3,(H,5,6);2H,4H2,1H3,(H,5,6);1-2,4H2,(H,5,6)/t;2-;/m.0./s1. The molecule has 1 atom stereocenters. The van der Waals surface area contributed by atoms with E-state index in [9.17, 15) is 14.4 Å². The molecule has 108 valence electrons. The maximum Gasteiger partial charge on any atom is 0.320 e. The van der Waals surface area contributed by atoms with Crippen LogP contribution < -0.4 is 16.8 Å². The SMILES string of the molecule is CNCC(=O)O.C[C@H](N)C(=O)O.NCCC(=O)O. The highest BCUT2D eigenvalue weighted by atomic mass is 16.4. The predicted octanol–water partition coefficient (Wildman–Crippen LogP) is -1.87. The van der Waals surface area contributed by atoms with Gasteiger partial charge in [-0.05, 0) is 14.0 Å². The highest BCUT2D eigenvalue weighted by Gasteiger charge is 1.99. The van der Waals surface area contributed by atoms with Crippen molar-refractivity contribution in [3.63, 3.8) is 0 Å². The van der Waals surface area contributed by atoms with E-state index >= 15 is 0 Å². The Hall–Kier alpha value is -1.71. The van der Waals surface area contributed by atoms with Crippen LogP contribution in [0.4, 0.5) is 0 Å². The second-order valence-corrected chi connectivity index (χ2v) is 2.98. The molecule has 0 spiro atoms. The van der Waals surface area contributed by atoms with Crippen LogP contribution in [0.2, 0.25) is 0 Å². The lowest BCUT2D eigenvalue weighted by Gasteiger charge is -1.90. The topological polar surface area (TPSA) is 176 Å². The largest absolute Gasteiger partial charge is 0.481 e. The molecule has 9 nitrogen and oxygen atoms in total. The summed E-state index contributed by atoms with van der Waals surface area (Å²) in [5, 5.41) is 26.0. The number of nitrogens with one attached hydrogen (secondary N) is 1. The Morgan fingerprint density at radius 2 is 1.56 bits per heavy atom. The third-order valence-electron chi connectivity index (χ3n) is 1.08. The van der Waals surface area contributed by atoms with Gasteiger partial charge in [0.15, 0.2) is 0 Å². The van der Waals surface area contributed by atoms with E-state index in [0.717, 1.165) is 0 Å². The minimum Gasteiger partial charge on any atom is -0.481 e. The molecule has 0 radical (unpaired) electrons. The van der Waals surface area contributed by atoms with Crippen LogP contribution in [0.1, 0.15) is 13.3 Å². The second-order valence-electron chi connectivity index (χ2n) is 2.98. The van der Waals surface area contributed by atoms with Crippen molar-refractivity contribution in [2.24, 2.45) is 11.5 Å². The van der Waals surface area contributed by atoms with Gasteiger partial charge in [0.1, 0.15) is 6.04 Å². The minimum absolute atomic E-state index is 0.0417. The first-order valence-electron chi connectivity index (χ1n) is 4.95. The van der Waals surface area contributed by atoms with E-state index in [0.29, 0.717) is 0 Å². The maximum atomic E-state index is 9.57. The van der Waals surface area contributed by atoms with E-state index < -0.39 is 23.9 Å². The van der Waals surface area contributed by atoms with Gasteiger partial charge in [-0.25, -0.2) is 0 Å². The molecule has 0 saturated heterocycles. The zero-order valence-corrected chi connectivity index (χ0v) is 10.4. The Bertz CT molecular complexity index is 228. The molecule has 0 bridgehead atoms. The van der Waals surface area contributed by atoms with E-state index in [1.807, 2.05) is 0 Å². The molecule has 0 unspecified atom stereocenters. The molecular formula is C9H21N3O6. The molecule has 0 aliphatic carbocycles. The molecule has 0 amide bonds. The zero-order chi connectivity index (χ0) is 15.1. The van der Waals surface area contributed by atoms with Crippen LogP contribution in [-0.2, 0) is 14.4 Å². The van der Waals surface area contributed by atoms with Crippen molar-refractivity contribution in [1.82, 2.24) is 5.32 Å². The summed E-state index contributed by atoms with van der Waals surface area (Å²) in [7, 11) is 1.59. The molecule has 8 N–H and O–H groups in total. The fraction of sp³-hybridized carbons (Fsp3) is 0.667. The highest BCUT2D eigenvalue weighted by Crippen LogP contribution is 1.68. The molecule has 0 saturated carbocycles. The second kappa shape index (κ2) is 15.3. The zero-order valence-electron chi connectivity index (χ0n) is 10.4. The smallest absolute Gasteiger partial charge is 0.320 e. The Morgan fingerprint density at radius 1 is 1.17 bits per heavy atom. The van der Waals surface area contributed by atoms with E-state index in [2.05, 4.69) is 5.32 Å². The molecule has 0 aromatic carbocycles. The summed E-state index contributed by atoms with van der Waals surface area (Å²) in [6.45, 7) is 1.69. The summed E-state index contributed by atoms with van der Waals surface area (Å²) in [5.74, 6) is -2.62. The van der Waals surface area contributed by atoms with Crippen LogP contribution >= 0.6 is 0 Å². The molecule has 0 heterocycles. The molecular weight excluding hydrogens is 246 g/mol. The van der Waals surface area contributed by atoms with Gasteiger partial charge < -0.3 is 32.1 Å². The van der Waals surface area contributed by atoms with Gasteiger partial charge in [0.05, 0.1) is 13.0 Å². The van der Waals surface area contributed by atoms with Gasteiger partial charge >= 0.3 is 17.9 Å². The molecule has 0 aromatic rings. The monoisotopic (exact) mass is 267 g/mol. The van der Waals surface area contributed by atoms with E-state index in [1.54, 1.807) is 7.05 Å². The van der Waals surface area contributed by atoms with Gasteiger partial charge in [-0.1, -0.05) is 0 Å². The number of rotatable bonds is 5. The van der Waals surface area contributed by atoms with Crippen molar-refractivity contribution in [2.45, 2.75) is 19.4 Å². The number of carboxylic acid groups (broad SMARTS) is 3. The first-order chi connectivity index (χ1) is 8.18. The van der Waals surface area contributed by atoms with Gasteiger partial charge in [0, 0.05) is 6.54 Å². The average molecular weight is 267 g/mol. The van der Waals surface area contributed by atoms with Crippen molar-refractivity contribution < 1.29 is 29.7 Å². The van der Waals surface area contributed by atoms with Gasteiger partial charge in [0.25, 0.3) is 0 Å². The van der Waals surface area contributed by atoms with Crippen molar-refractivity contribution in [3.8, 4) is 0 Å². The van der Waals surface area contributed by atoms with Crippen molar-refractivity contribution in [1.29, 1.82) is 0 Å². The fourth-order valence-electron chi connectivity index (χ4n) is 0.275. The number of aliphatic carboxylic acids is 3. The van der Waals surface area contributed by atoms with Crippen LogP contribution in [0.25, 0.3) is 0 Å². The number of hydrogen-bond donors (Lipinski definition) is 6. The first kappa shape index (κ1) is 21.6. The van der Waals surface area contributed by atoms with Crippen LogP contribution in [0.5, 0.6) is 0 Å². The van der Waals surface area contributed by atoms with Gasteiger partial charge in [0.2, 0.25) is 0 Å². The van der Waals surface area contributed by atoms with Gasteiger partial charge in [-0.3, -0.25) is 14.4 Å². The molecule has 0 fully saturated rings. The number of nitrogens with two attached hydrogens (primary N) is 2. The quantitative estimate of drug-likeness (QED) is 0.333. The number of likely N-dealkylation sites (N-methyl/N-ethyl adjacent to an activating group) is 1. The van der Waals surface area contributed by atoms with Crippen molar-refractivity contribution in [3.05, 3.63) is 0 Å². The maximum absolute atomic E-state index is 9.57. The summed E-state index contributed by atoms with van der Waals surface area (Å²) < 4.78 is 0. The van der Waals surface area contributed by atoms with E-state index in [-0.39, 0.29) is 19.5 Å². The normalized spacial score (nSPS) is 10.0. The van der Waals surface area contributed by atoms with Crippen molar-refractivity contribution in [2.75, 3.05) is 20.1 Å². The predicted molar refractivity (Wildman–Crippen MR) is 64.2 cm³/mol. The molecule has 0 aliphatic rings. The summed E-state index contributed by atoms with van der Waals surface area (Å²) in [6.07, 6.45) is 0.0694. The Kier molecular flexibility index (Phi) is 18.3. The minimum atomic E-state index is -0.963. The number of hydrogen-bond acceptors (Lipinski definition) is 6. The lowest BCUT2D eigenvalue weighted by atomic mass is 10.4. The Morgan fingerprint density at radius 3 is 1.56 bits per heavy atom. The Balaban J connectivity index is -0.000000187. The van der Waals surface area contributed by atoms with Crippen LogP contribution in [-0.4, -0.2) is 59.4 Å². The molecule has 0 aromatic heterocycles. The lowest BCUT2D eigenvalue weighted by Crippen LogP contribution is -2.25. The molecule has 18 heavy (non-hydrogen) atoms. The summed E-state index contributed by atoms with van der Waals surface area (Å²) >= 11 is 0. The molecule has 0 rings (SSSR count). The molecule has 9 heteroatoms. The van der Waals surface area contributed by atoms with Crippen LogP contribution in [0.15, 0.2) is 0 Å². The van der Waals surface area contributed by atoms with Gasteiger partial charge in [-0.15, -0.1) is 0 Å². The van der Waals surface area contributed by atoms with E-state index in [4.69, 9.17) is 26.8 Å². The van der Waals surface area contributed by atoms with Crippen LogP contribution in [0.3, 0.4) is 0 Å². The number of carbonyl (C=O) groups is 3. The summed E-state index contributed by atoms with van der Waals surface area (Å²) in [6, 6.07) is -0.731. The summed E-state index contributed by atoms with van der Waals surface area (Å²) in [4.78, 5) is 28.6. The van der Waals surface area contributed by atoms with Crippen molar-refractivity contribution >= 4 is 17.9 Å². The molecule has 0 aliphatic heterocycles. The average Bonchev–Trinajstić information content (AvgIpc) is 2.18. The lowest BCUT2D eigenvalue weighted by molar-refractivity contribution is -0.138.